The van der Waals surface area contributed by atoms with Crippen LogP contribution >= 0.6 is 11.6 Å². The Hall–Kier alpha value is -2.73. The number of anilines is 1. The van der Waals surface area contributed by atoms with Gasteiger partial charge in [-0.3, -0.25) is 4.79 Å². The predicted octanol–water partition coefficient (Wildman–Crippen LogP) is 4.28. The Balaban J connectivity index is 1.88. The van der Waals surface area contributed by atoms with Crippen molar-refractivity contribution in [3.63, 3.8) is 0 Å². The number of carbonyl (C=O) groups excluding carboxylic acids is 1. The molecular weight excluding hydrogens is 393 g/mol. The van der Waals surface area contributed by atoms with E-state index < -0.39 is 23.4 Å². The van der Waals surface area contributed by atoms with E-state index in [1.54, 1.807) is 35.2 Å². The third kappa shape index (κ3) is 3.21. The van der Waals surface area contributed by atoms with E-state index in [-0.39, 0.29) is 6.54 Å². The van der Waals surface area contributed by atoms with Crippen LogP contribution in [0.3, 0.4) is 0 Å². The van der Waals surface area contributed by atoms with Crippen LogP contribution in [-0.2, 0) is 21.7 Å². The number of para-hydroxylation sites is 1. The fraction of sp³-hybridized carbons (Fsp3) is 0.174. The van der Waals surface area contributed by atoms with E-state index >= 15 is 0 Å². The highest BCUT2D eigenvalue weighted by Gasteiger charge is 2.52. The van der Waals surface area contributed by atoms with E-state index in [0.717, 1.165) is 5.56 Å². The SMILES string of the molecule is COC1C(=O)N(Cc2ccccc2Cl)c2ccccc2C1(O)c1ccc(F)cc1. The molecular formula is C23H19ClFNO3. The molecule has 1 N–H and O–H groups in total. The van der Waals surface area contributed by atoms with Gasteiger partial charge in [0, 0.05) is 17.7 Å². The van der Waals surface area contributed by atoms with E-state index in [1.807, 2.05) is 18.2 Å². The lowest BCUT2D eigenvalue weighted by Gasteiger charge is -2.44. The molecule has 4 rings (SSSR count). The van der Waals surface area contributed by atoms with E-state index in [1.165, 1.54) is 31.4 Å². The molecule has 0 saturated carbocycles. The number of benzene rings is 3. The van der Waals surface area contributed by atoms with E-state index in [2.05, 4.69) is 0 Å². The molecule has 1 aliphatic heterocycles. The van der Waals surface area contributed by atoms with Crippen LogP contribution in [0.15, 0.2) is 72.8 Å². The molecule has 2 atom stereocenters. The van der Waals surface area contributed by atoms with Crippen molar-refractivity contribution in [3.8, 4) is 0 Å². The zero-order valence-electron chi connectivity index (χ0n) is 15.7. The monoisotopic (exact) mass is 411 g/mol. The average Bonchev–Trinajstić information content (AvgIpc) is 2.73. The van der Waals surface area contributed by atoms with Gasteiger partial charge in [-0.05, 0) is 35.4 Å². The number of methoxy groups -OCH3 is 1. The molecule has 1 aliphatic rings. The number of ether oxygens (including phenoxy) is 1. The third-order valence-electron chi connectivity index (χ3n) is 5.28. The summed E-state index contributed by atoms with van der Waals surface area (Å²) in [5.41, 5.74) is 0.457. The summed E-state index contributed by atoms with van der Waals surface area (Å²) in [5, 5.41) is 12.3. The number of rotatable bonds is 4. The summed E-state index contributed by atoms with van der Waals surface area (Å²) in [4.78, 5) is 15.0. The van der Waals surface area contributed by atoms with Crippen LogP contribution in [0, 0.1) is 5.82 Å². The molecule has 0 radical (unpaired) electrons. The number of fused-ring (bicyclic) bond motifs is 1. The van der Waals surface area contributed by atoms with Gasteiger partial charge in [0.15, 0.2) is 11.7 Å². The minimum absolute atomic E-state index is 0.231. The van der Waals surface area contributed by atoms with Crippen LogP contribution in [0.2, 0.25) is 5.02 Å². The van der Waals surface area contributed by atoms with Crippen LogP contribution in [0.1, 0.15) is 16.7 Å². The fourth-order valence-electron chi connectivity index (χ4n) is 3.85. The van der Waals surface area contributed by atoms with Crippen molar-refractivity contribution in [3.05, 3.63) is 100 Å². The standard InChI is InChI=1S/C23H19ClFNO3/c1-29-21-22(27)26(14-15-6-2-4-8-19(15)24)20-9-5-3-7-18(20)23(21,28)16-10-12-17(25)13-11-16/h2-13,21,28H,14H2,1H3. The van der Waals surface area contributed by atoms with Gasteiger partial charge >= 0.3 is 0 Å². The molecule has 2 unspecified atom stereocenters. The van der Waals surface area contributed by atoms with Gasteiger partial charge in [-0.2, -0.15) is 0 Å². The second kappa shape index (κ2) is 7.59. The van der Waals surface area contributed by atoms with Gasteiger partial charge < -0.3 is 14.7 Å². The molecule has 29 heavy (non-hydrogen) atoms. The van der Waals surface area contributed by atoms with E-state index in [4.69, 9.17) is 16.3 Å². The zero-order valence-corrected chi connectivity index (χ0v) is 16.4. The number of carbonyl (C=O) groups is 1. The van der Waals surface area contributed by atoms with Crippen LogP contribution in [0.25, 0.3) is 0 Å². The first-order valence-corrected chi connectivity index (χ1v) is 9.50. The summed E-state index contributed by atoms with van der Waals surface area (Å²) in [6, 6.07) is 19.8. The maximum Gasteiger partial charge on any atom is 0.260 e. The number of aliphatic hydroxyl groups is 1. The number of hydrogen-bond donors (Lipinski definition) is 1. The lowest BCUT2D eigenvalue weighted by atomic mass is 9.77. The molecule has 3 aromatic rings. The van der Waals surface area contributed by atoms with Crippen molar-refractivity contribution in [2.24, 2.45) is 0 Å². The highest BCUT2D eigenvalue weighted by atomic mass is 35.5. The second-order valence-corrected chi connectivity index (χ2v) is 7.33. The lowest BCUT2D eigenvalue weighted by Crippen LogP contribution is -2.57. The molecule has 0 aromatic heterocycles. The molecule has 0 aliphatic carbocycles. The molecule has 0 saturated heterocycles. The quantitative estimate of drug-likeness (QED) is 0.697. The highest BCUT2D eigenvalue weighted by Crippen LogP contribution is 2.45. The van der Waals surface area contributed by atoms with Crippen LogP contribution < -0.4 is 4.90 Å². The van der Waals surface area contributed by atoms with Gasteiger partial charge in [-0.1, -0.05) is 60.1 Å². The topological polar surface area (TPSA) is 49.8 Å². The van der Waals surface area contributed by atoms with Crippen LogP contribution in [-0.4, -0.2) is 24.2 Å². The number of amides is 1. The van der Waals surface area contributed by atoms with Crippen molar-refractivity contribution in [1.82, 2.24) is 0 Å². The summed E-state index contributed by atoms with van der Waals surface area (Å²) < 4.78 is 19.0. The molecule has 0 fully saturated rings. The van der Waals surface area contributed by atoms with Gasteiger partial charge in [0.25, 0.3) is 5.91 Å². The van der Waals surface area contributed by atoms with Crippen molar-refractivity contribution >= 4 is 23.2 Å². The van der Waals surface area contributed by atoms with Gasteiger partial charge in [-0.25, -0.2) is 4.39 Å². The highest BCUT2D eigenvalue weighted by molar-refractivity contribution is 6.31. The fourth-order valence-corrected chi connectivity index (χ4v) is 4.05. The number of hydrogen-bond acceptors (Lipinski definition) is 3. The Kier molecular flexibility index (Phi) is 5.13. The van der Waals surface area contributed by atoms with E-state index in [9.17, 15) is 14.3 Å². The summed E-state index contributed by atoms with van der Waals surface area (Å²) in [5.74, 6) is -0.833. The first kappa shape index (κ1) is 19.6. The largest absolute Gasteiger partial charge is 0.377 e. The van der Waals surface area contributed by atoms with E-state index in [0.29, 0.717) is 21.8 Å². The molecule has 6 heteroatoms. The predicted molar refractivity (Wildman–Crippen MR) is 109 cm³/mol. The van der Waals surface area contributed by atoms with Crippen LogP contribution in [0.4, 0.5) is 10.1 Å². The zero-order chi connectivity index (χ0) is 20.6. The molecule has 3 aromatic carbocycles. The van der Waals surface area contributed by atoms with Crippen molar-refractivity contribution in [1.29, 1.82) is 0 Å². The Labute approximate surface area is 173 Å². The summed E-state index contributed by atoms with van der Waals surface area (Å²) in [7, 11) is 1.37. The second-order valence-electron chi connectivity index (χ2n) is 6.92. The minimum atomic E-state index is -1.76. The molecule has 0 spiro atoms. The Morgan fingerprint density at radius 2 is 1.72 bits per heavy atom. The first-order valence-electron chi connectivity index (χ1n) is 9.12. The lowest BCUT2D eigenvalue weighted by molar-refractivity contribution is -0.145. The van der Waals surface area contributed by atoms with Gasteiger partial charge in [0.1, 0.15) is 5.82 Å². The Bertz CT molecular complexity index is 1060. The summed E-state index contributed by atoms with van der Waals surface area (Å²) in [6.07, 6.45) is -1.20. The average molecular weight is 412 g/mol. The third-order valence-corrected chi connectivity index (χ3v) is 5.65. The number of nitrogens with zero attached hydrogens (tertiary/aromatic N) is 1. The molecule has 1 amide bonds. The van der Waals surface area contributed by atoms with Crippen molar-refractivity contribution < 1.29 is 19.0 Å². The number of halogens is 2. The van der Waals surface area contributed by atoms with Gasteiger partial charge in [-0.15, -0.1) is 0 Å². The van der Waals surface area contributed by atoms with Crippen molar-refractivity contribution in [2.75, 3.05) is 12.0 Å². The minimum Gasteiger partial charge on any atom is -0.377 e. The van der Waals surface area contributed by atoms with Crippen molar-refractivity contribution in [2.45, 2.75) is 18.2 Å². The summed E-state index contributed by atoms with van der Waals surface area (Å²) >= 11 is 6.30. The van der Waals surface area contributed by atoms with Crippen LogP contribution in [0.5, 0.6) is 0 Å². The normalized spacial score (nSPS) is 21.2. The molecule has 1 heterocycles. The first-order chi connectivity index (χ1) is 14.0. The molecule has 4 nitrogen and oxygen atoms in total. The Morgan fingerprint density at radius 1 is 1.07 bits per heavy atom. The molecule has 0 bridgehead atoms. The maximum absolute atomic E-state index is 13.5. The van der Waals surface area contributed by atoms with Gasteiger partial charge in [0.2, 0.25) is 0 Å². The smallest absolute Gasteiger partial charge is 0.260 e. The Morgan fingerprint density at radius 3 is 2.41 bits per heavy atom. The maximum atomic E-state index is 13.5. The summed E-state index contributed by atoms with van der Waals surface area (Å²) in [6.45, 7) is 0.231. The van der Waals surface area contributed by atoms with Gasteiger partial charge in [0.05, 0.1) is 12.2 Å². The molecule has 148 valence electrons.